The number of hydrogen-bond donors (Lipinski definition) is 1. The van der Waals surface area contributed by atoms with E-state index in [-0.39, 0.29) is 17.9 Å². The molecule has 1 fully saturated rings. The second-order valence-corrected chi connectivity index (χ2v) is 10.3. The number of carbonyl (C=O) groups excluding carboxylic acids is 1. The first-order valence-corrected chi connectivity index (χ1v) is 12.2. The molecule has 0 bridgehead atoms. The Morgan fingerprint density at radius 1 is 1.07 bits per heavy atom. The number of piperidine rings is 1. The second kappa shape index (κ2) is 10.2. The van der Waals surface area contributed by atoms with Gasteiger partial charge in [0, 0.05) is 25.6 Å². The highest BCUT2D eigenvalue weighted by molar-refractivity contribution is 7.89. The highest BCUT2D eigenvalue weighted by Gasteiger charge is 2.30. The Balaban J connectivity index is 1.42. The average Bonchev–Trinajstić information content (AvgIpc) is 2.73. The molecule has 1 atom stereocenters. The van der Waals surface area contributed by atoms with E-state index < -0.39 is 10.0 Å². The van der Waals surface area contributed by atoms with Gasteiger partial charge in [-0.15, -0.1) is 0 Å². The summed E-state index contributed by atoms with van der Waals surface area (Å²) in [4.78, 5) is 12.8. The number of carbonyl (C=O) groups is 1. The van der Waals surface area contributed by atoms with Gasteiger partial charge in [-0.1, -0.05) is 48.0 Å². The minimum absolute atomic E-state index is 0.0652. The van der Waals surface area contributed by atoms with E-state index in [1.165, 1.54) is 5.56 Å². The van der Waals surface area contributed by atoms with Crippen LogP contribution < -0.4 is 5.32 Å². The van der Waals surface area contributed by atoms with Gasteiger partial charge in [0.1, 0.15) is 0 Å². The molecule has 0 radical (unpaired) electrons. The highest BCUT2D eigenvalue weighted by Crippen LogP contribution is 2.26. The Hall–Kier alpha value is -2.18. The van der Waals surface area contributed by atoms with E-state index in [4.69, 9.17) is 0 Å². The molecular weight excluding hydrogens is 396 g/mol. The van der Waals surface area contributed by atoms with Gasteiger partial charge in [0.2, 0.25) is 15.9 Å². The van der Waals surface area contributed by atoms with Gasteiger partial charge in [-0.25, -0.2) is 8.42 Å². The molecule has 0 aromatic heterocycles. The first-order valence-electron chi connectivity index (χ1n) is 10.7. The predicted molar refractivity (Wildman–Crippen MR) is 120 cm³/mol. The van der Waals surface area contributed by atoms with Gasteiger partial charge in [-0.2, -0.15) is 4.31 Å². The number of rotatable bonds is 8. The van der Waals surface area contributed by atoms with Crippen LogP contribution in [0.1, 0.15) is 43.7 Å². The number of hydrogen-bond acceptors (Lipinski definition) is 3. The molecule has 0 spiro atoms. The fourth-order valence-corrected chi connectivity index (χ4v) is 5.38. The van der Waals surface area contributed by atoms with Crippen LogP contribution in [0.5, 0.6) is 0 Å². The summed E-state index contributed by atoms with van der Waals surface area (Å²) < 4.78 is 27.2. The molecule has 162 valence electrons. The Bertz CT molecular complexity index is 919. The lowest BCUT2D eigenvalue weighted by molar-refractivity contribution is -0.122. The number of benzene rings is 2. The molecule has 1 saturated heterocycles. The number of aryl methyl sites for hydroxylation is 2. The summed E-state index contributed by atoms with van der Waals surface area (Å²) >= 11 is 0. The van der Waals surface area contributed by atoms with Gasteiger partial charge in [0.05, 0.1) is 4.90 Å². The zero-order chi connectivity index (χ0) is 21.6. The third-order valence-corrected chi connectivity index (χ3v) is 7.74. The number of nitrogens with zero attached hydrogens (tertiary/aromatic N) is 1. The molecule has 5 nitrogen and oxygen atoms in total. The van der Waals surface area contributed by atoms with E-state index in [1.807, 2.05) is 44.2 Å². The second-order valence-electron chi connectivity index (χ2n) is 8.36. The van der Waals surface area contributed by atoms with Gasteiger partial charge < -0.3 is 5.32 Å². The fraction of sp³-hybridized carbons (Fsp3) is 0.458. The van der Waals surface area contributed by atoms with Crippen molar-refractivity contribution in [1.82, 2.24) is 9.62 Å². The summed E-state index contributed by atoms with van der Waals surface area (Å²) in [6, 6.07) is 17.4. The summed E-state index contributed by atoms with van der Waals surface area (Å²) in [6.45, 7) is 4.92. The van der Waals surface area contributed by atoms with Crippen molar-refractivity contribution >= 4 is 15.9 Å². The van der Waals surface area contributed by atoms with E-state index in [0.717, 1.165) is 31.2 Å². The lowest BCUT2D eigenvalue weighted by Crippen LogP contribution is -2.40. The normalized spacial score (nSPS) is 16.9. The molecule has 1 amide bonds. The Labute approximate surface area is 180 Å². The van der Waals surface area contributed by atoms with Crippen molar-refractivity contribution in [2.75, 3.05) is 13.1 Å². The average molecular weight is 429 g/mol. The van der Waals surface area contributed by atoms with Crippen molar-refractivity contribution in [2.24, 2.45) is 5.92 Å². The van der Waals surface area contributed by atoms with Crippen LogP contribution in [0, 0.1) is 12.8 Å². The predicted octanol–water partition coefficient (Wildman–Crippen LogP) is 3.92. The number of amides is 1. The molecule has 1 N–H and O–H groups in total. The largest absolute Gasteiger partial charge is 0.354 e. The Kier molecular flexibility index (Phi) is 7.67. The van der Waals surface area contributed by atoms with Gasteiger partial charge in [0.25, 0.3) is 0 Å². The van der Waals surface area contributed by atoms with Crippen LogP contribution in [0.25, 0.3) is 0 Å². The molecule has 2 aromatic carbocycles. The third-order valence-electron chi connectivity index (χ3n) is 5.82. The van der Waals surface area contributed by atoms with Crippen LogP contribution in [-0.4, -0.2) is 37.8 Å². The van der Waals surface area contributed by atoms with Crippen molar-refractivity contribution < 1.29 is 13.2 Å². The molecule has 6 heteroatoms. The van der Waals surface area contributed by atoms with Crippen molar-refractivity contribution in [3.63, 3.8) is 0 Å². The van der Waals surface area contributed by atoms with Crippen molar-refractivity contribution in [1.29, 1.82) is 0 Å². The lowest BCUT2D eigenvalue weighted by atomic mass is 9.94. The van der Waals surface area contributed by atoms with Crippen molar-refractivity contribution in [3.05, 3.63) is 65.7 Å². The molecule has 2 aromatic rings. The van der Waals surface area contributed by atoms with Gasteiger partial charge in [-0.05, 0) is 63.1 Å². The van der Waals surface area contributed by atoms with E-state index in [1.54, 1.807) is 16.4 Å². The molecule has 1 aliphatic rings. The van der Waals surface area contributed by atoms with Gasteiger partial charge in [-0.3, -0.25) is 4.79 Å². The minimum atomic E-state index is -3.45. The van der Waals surface area contributed by atoms with E-state index in [2.05, 4.69) is 17.4 Å². The van der Waals surface area contributed by atoms with Gasteiger partial charge >= 0.3 is 0 Å². The maximum absolute atomic E-state index is 12.8. The van der Waals surface area contributed by atoms with E-state index in [0.29, 0.717) is 24.4 Å². The summed E-state index contributed by atoms with van der Waals surface area (Å²) in [7, 11) is -3.45. The maximum Gasteiger partial charge on any atom is 0.243 e. The van der Waals surface area contributed by atoms with Crippen molar-refractivity contribution in [2.45, 2.75) is 56.9 Å². The van der Waals surface area contributed by atoms with Crippen LogP contribution in [0.3, 0.4) is 0 Å². The SMILES string of the molecule is Cc1ccc(S(=O)(=O)N2CCC(CC(=O)N[C@H](C)CCc3ccccc3)CC2)cc1. The molecular formula is C24H32N2O3S. The molecule has 30 heavy (non-hydrogen) atoms. The van der Waals surface area contributed by atoms with Gasteiger partial charge in [0.15, 0.2) is 0 Å². The summed E-state index contributed by atoms with van der Waals surface area (Å²) in [5, 5.41) is 3.10. The highest BCUT2D eigenvalue weighted by atomic mass is 32.2. The van der Waals surface area contributed by atoms with Crippen LogP contribution >= 0.6 is 0 Å². The third kappa shape index (κ3) is 6.16. The fourth-order valence-electron chi connectivity index (χ4n) is 3.91. The van der Waals surface area contributed by atoms with E-state index >= 15 is 0 Å². The van der Waals surface area contributed by atoms with Crippen molar-refractivity contribution in [3.8, 4) is 0 Å². The summed E-state index contributed by atoms with van der Waals surface area (Å²) in [5.74, 6) is 0.297. The molecule has 0 saturated carbocycles. The van der Waals surface area contributed by atoms with Crippen LogP contribution in [-0.2, 0) is 21.2 Å². The summed E-state index contributed by atoms with van der Waals surface area (Å²) in [6.07, 6.45) is 3.75. The zero-order valence-corrected chi connectivity index (χ0v) is 18.7. The number of nitrogens with one attached hydrogen (secondary N) is 1. The number of sulfonamides is 1. The summed E-state index contributed by atoms with van der Waals surface area (Å²) in [5.41, 5.74) is 2.32. The monoisotopic (exact) mass is 428 g/mol. The molecule has 1 aliphatic heterocycles. The topological polar surface area (TPSA) is 66.5 Å². The molecule has 0 unspecified atom stereocenters. The van der Waals surface area contributed by atoms with Crippen LogP contribution in [0.2, 0.25) is 0 Å². The first kappa shape index (κ1) is 22.5. The maximum atomic E-state index is 12.8. The smallest absolute Gasteiger partial charge is 0.243 e. The Morgan fingerprint density at radius 2 is 1.70 bits per heavy atom. The zero-order valence-electron chi connectivity index (χ0n) is 17.9. The van der Waals surface area contributed by atoms with Crippen LogP contribution in [0.4, 0.5) is 0 Å². The van der Waals surface area contributed by atoms with E-state index in [9.17, 15) is 13.2 Å². The molecule has 3 rings (SSSR count). The first-order chi connectivity index (χ1) is 14.3. The quantitative estimate of drug-likeness (QED) is 0.693. The lowest BCUT2D eigenvalue weighted by Gasteiger charge is -2.31. The molecule has 1 heterocycles. The Morgan fingerprint density at radius 3 is 2.33 bits per heavy atom. The van der Waals surface area contributed by atoms with Crippen LogP contribution in [0.15, 0.2) is 59.5 Å². The minimum Gasteiger partial charge on any atom is -0.354 e. The standard InChI is InChI=1S/C24H32N2O3S/c1-19-8-12-23(13-9-19)30(28,29)26-16-14-22(15-17-26)18-24(27)25-20(2)10-11-21-6-4-3-5-7-21/h3-9,12-13,20,22H,10-11,14-18H2,1-2H3,(H,25,27)/t20-/m1/s1. The molecule has 0 aliphatic carbocycles.